The Kier molecular flexibility index (Phi) is 7.14. The lowest BCUT2D eigenvalue weighted by molar-refractivity contribution is -0.114. The van der Waals surface area contributed by atoms with Crippen molar-refractivity contribution in [1.82, 2.24) is 0 Å². The highest BCUT2D eigenvalue weighted by atomic mass is 16.5. The number of carbonyl (C=O) groups is 1. The predicted molar refractivity (Wildman–Crippen MR) is 103 cm³/mol. The van der Waals surface area contributed by atoms with Crippen LogP contribution < -0.4 is 24.8 Å². The second kappa shape index (κ2) is 9.56. The van der Waals surface area contributed by atoms with Gasteiger partial charge >= 0.3 is 0 Å². The zero-order chi connectivity index (χ0) is 18.9. The van der Waals surface area contributed by atoms with E-state index in [1.54, 1.807) is 32.4 Å². The molecule has 2 N–H and O–H groups in total. The number of benzene rings is 2. The molecule has 0 radical (unpaired) electrons. The Morgan fingerprint density at radius 2 is 1.88 bits per heavy atom. The predicted octanol–water partition coefficient (Wildman–Crippen LogP) is 3.93. The molecule has 2 aromatic carbocycles. The highest BCUT2D eigenvalue weighted by Crippen LogP contribution is 2.28. The fraction of sp³-hybridized carbons (Fsp3) is 0.350. The number of rotatable bonds is 9. The van der Waals surface area contributed by atoms with Gasteiger partial charge in [0.15, 0.2) is 0 Å². The van der Waals surface area contributed by atoms with E-state index in [1.807, 2.05) is 31.2 Å². The van der Waals surface area contributed by atoms with E-state index >= 15 is 0 Å². The molecule has 0 fully saturated rings. The van der Waals surface area contributed by atoms with Crippen molar-refractivity contribution in [3.05, 3.63) is 42.5 Å². The Bertz CT molecular complexity index is 734. The molecule has 2 aromatic rings. The minimum atomic E-state index is -0.171. The number of anilines is 2. The van der Waals surface area contributed by atoms with Gasteiger partial charge in [-0.3, -0.25) is 4.79 Å². The molecule has 6 heteroatoms. The summed E-state index contributed by atoms with van der Waals surface area (Å²) in [6.07, 6.45) is 1.05. The summed E-state index contributed by atoms with van der Waals surface area (Å²) in [5.41, 5.74) is 1.38. The first-order chi connectivity index (χ1) is 12.5. The summed E-state index contributed by atoms with van der Waals surface area (Å²) in [5.74, 6) is 1.89. The fourth-order valence-corrected chi connectivity index (χ4v) is 2.30. The minimum Gasteiger partial charge on any atom is -0.497 e. The molecule has 2 rings (SSSR count). The zero-order valence-electron chi connectivity index (χ0n) is 15.7. The van der Waals surface area contributed by atoms with Gasteiger partial charge in [0.25, 0.3) is 0 Å². The minimum absolute atomic E-state index is 0.0972. The van der Waals surface area contributed by atoms with E-state index in [9.17, 15) is 4.79 Å². The first kappa shape index (κ1) is 19.4. The third-order valence-corrected chi connectivity index (χ3v) is 3.88. The molecule has 0 saturated heterocycles. The van der Waals surface area contributed by atoms with Crippen LogP contribution in [-0.4, -0.2) is 32.8 Å². The summed E-state index contributed by atoms with van der Waals surface area (Å²) in [7, 11) is 3.17. The van der Waals surface area contributed by atoms with Crippen molar-refractivity contribution < 1.29 is 19.0 Å². The molecule has 0 aromatic heterocycles. The summed E-state index contributed by atoms with van der Waals surface area (Å²) in [6.45, 7) is 4.17. The van der Waals surface area contributed by atoms with Crippen LogP contribution >= 0.6 is 0 Å². The smallest absolute Gasteiger partial charge is 0.243 e. The molecule has 0 spiro atoms. The van der Waals surface area contributed by atoms with E-state index in [2.05, 4.69) is 17.6 Å². The standard InChI is InChI=1S/C20H26N2O4/c1-5-14(2)26-17-8-6-7-15(11-17)22-20(23)13-21-18-12-16(24-3)9-10-19(18)25-4/h6-12,14,21H,5,13H2,1-4H3,(H,22,23). The van der Waals surface area contributed by atoms with Gasteiger partial charge in [-0.05, 0) is 37.6 Å². The Morgan fingerprint density at radius 3 is 2.58 bits per heavy atom. The molecule has 26 heavy (non-hydrogen) atoms. The van der Waals surface area contributed by atoms with Crippen molar-refractivity contribution in [1.29, 1.82) is 0 Å². The van der Waals surface area contributed by atoms with Crippen molar-refractivity contribution >= 4 is 17.3 Å². The Labute approximate surface area is 154 Å². The lowest BCUT2D eigenvalue weighted by atomic mass is 10.2. The first-order valence-electron chi connectivity index (χ1n) is 8.58. The van der Waals surface area contributed by atoms with Crippen LogP contribution in [0.1, 0.15) is 20.3 Å². The van der Waals surface area contributed by atoms with Gasteiger partial charge in [-0.1, -0.05) is 13.0 Å². The number of carbonyl (C=O) groups excluding carboxylic acids is 1. The van der Waals surface area contributed by atoms with Gasteiger partial charge in [-0.15, -0.1) is 0 Å². The number of nitrogens with one attached hydrogen (secondary N) is 2. The monoisotopic (exact) mass is 358 g/mol. The fourth-order valence-electron chi connectivity index (χ4n) is 2.30. The quantitative estimate of drug-likeness (QED) is 0.711. The van der Waals surface area contributed by atoms with Crippen LogP contribution in [0.2, 0.25) is 0 Å². The van der Waals surface area contributed by atoms with E-state index in [0.717, 1.165) is 12.2 Å². The van der Waals surface area contributed by atoms with Crippen LogP contribution in [0.15, 0.2) is 42.5 Å². The maximum absolute atomic E-state index is 12.2. The highest BCUT2D eigenvalue weighted by Gasteiger charge is 2.08. The molecule has 6 nitrogen and oxygen atoms in total. The van der Waals surface area contributed by atoms with Crippen molar-refractivity contribution in [2.75, 3.05) is 31.4 Å². The van der Waals surface area contributed by atoms with Gasteiger partial charge in [0.05, 0.1) is 32.6 Å². The van der Waals surface area contributed by atoms with Gasteiger partial charge < -0.3 is 24.8 Å². The average Bonchev–Trinajstić information content (AvgIpc) is 2.66. The van der Waals surface area contributed by atoms with Crippen molar-refractivity contribution in [2.24, 2.45) is 0 Å². The van der Waals surface area contributed by atoms with E-state index in [-0.39, 0.29) is 18.6 Å². The third kappa shape index (κ3) is 5.58. The molecule has 0 heterocycles. The van der Waals surface area contributed by atoms with Gasteiger partial charge in [0, 0.05) is 17.8 Å². The highest BCUT2D eigenvalue weighted by molar-refractivity contribution is 5.94. The second-order valence-corrected chi connectivity index (χ2v) is 5.83. The van der Waals surface area contributed by atoms with Crippen molar-refractivity contribution in [3.8, 4) is 17.2 Å². The lowest BCUT2D eigenvalue weighted by Crippen LogP contribution is -2.22. The van der Waals surface area contributed by atoms with Gasteiger partial charge in [0.2, 0.25) is 5.91 Å². The van der Waals surface area contributed by atoms with E-state index in [1.165, 1.54) is 0 Å². The van der Waals surface area contributed by atoms with Gasteiger partial charge in [0.1, 0.15) is 17.2 Å². The molecule has 0 bridgehead atoms. The Hall–Kier alpha value is -2.89. The normalized spacial score (nSPS) is 11.4. The maximum Gasteiger partial charge on any atom is 0.243 e. The van der Waals surface area contributed by atoms with E-state index < -0.39 is 0 Å². The summed E-state index contributed by atoms with van der Waals surface area (Å²) in [6, 6.07) is 12.7. The van der Waals surface area contributed by atoms with Crippen molar-refractivity contribution in [3.63, 3.8) is 0 Å². The summed E-state index contributed by atoms with van der Waals surface area (Å²) < 4.78 is 16.3. The largest absolute Gasteiger partial charge is 0.497 e. The van der Waals surface area contributed by atoms with Crippen LogP contribution in [0.3, 0.4) is 0 Å². The molecule has 0 aliphatic heterocycles. The molecular formula is C20H26N2O4. The number of hydrogen-bond acceptors (Lipinski definition) is 5. The molecule has 140 valence electrons. The molecule has 0 saturated carbocycles. The van der Waals surface area contributed by atoms with Crippen molar-refractivity contribution in [2.45, 2.75) is 26.4 Å². The molecule has 0 aliphatic rings. The lowest BCUT2D eigenvalue weighted by Gasteiger charge is -2.14. The number of ether oxygens (including phenoxy) is 3. The average molecular weight is 358 g/mol. The van der Waals surface area contributed by atoms with Gasteiger partial charge in [-0.2, -0.15) is 0 Å². The van der Waals surface area contributed by atoms with Crippen LogP contribution in [0, 0.1) is 0 Å². The first-order valence-corrected chi connectivity index (χ1v) is 8.58. The summed E-state index contributed by atoms with van der Waals surface area (Å²) >= 11 is 0. The zero-order valence-corrected chi connectivity index (χ0v) is 15.7. The number of amides is 1. The molecular weight excluding hydrogens is 332 g/mol. The van der Waals surface area contributed by atoms with Crippen LogP contribution in [-0.2, 0) is 4.79 Å². The van der Waals surface area contributed by atoms with Crippen LogP contribution in [0.5, 0.6) is 17.2 Å². The van der Waals surface area contributed by atoms with Gasteiger partial charge in [-0.25, -0.2) is 0 Å². The molecule has 1 unspecified atom stereocenters. The summed E-state index contributed by atoms with van der Waals surface area (Å²) in [4.78, 5) is 12.2. The number of hydrogen-bond donors (Lipinski definition) is 2. The second-order valence-electron chi connectivity index (χ2n) is 5.83. The maximum atomic E-state index is 12.2. The SMILES string of the molecule is CCC(C)Oc1cccc(NC(=O)CNc2cc(OC)ccc2OC)c1. The van der Waals surface area contributed by atoms with Crippen LogP contribution in [0.25, 0.3) is 0 Å². The Balaban J connectivity index is 1.96. The Morgan fingerprint density at radius 1 is 1.08 bits per heavy atom. The summed E-state index contributed by atoms with van der Waals surface area (Å²) in [5, 5.41) is 5.92. The van der Waals surface area contributed by atoms with E-state index in [4.69, 9.17) is 14.2 Å². The van der Waals surface area contributed by atoms with E-state index in [0.29, 0.717) is 22.9 Å². The molecule has 0 aliphatic carbocycles. The third-order valence-electron chi connectivity index (χ3n) is 3.88. The topological polar surface area (TPSA) is 68.8 Å². The van der Waals surface area contributed by atoms with Crippen LogP contribution in [0.4, 0.5) is 11.4 Å². The number of methoxy groups -OCH3 is 2. The molecule has 1 atom stereocenters. The molecule has 1 amide bonds.